The van der Waals surface area contributed by atoms with Crippen molar-refractivity contribution in [2.24, 2.45) is 0 Å². The van der Waals surface area contributed by atoms with Gasteiger partial charge in [-0.05, 0) is 25.3 Å². The third-order valence-electron chi connectivity index (χ3n) is 3.57. The standard InChI is InChI=1S/C15H23N3O3/c1-4-13(5-2)17-15(19)10-16-9-12-7-6-8-14(11(12)3)18(20)21/h6-8,13,16H,4-5,9-10H2,1-3H3,(H,17,19). The second kappa shape index (κ2) is 8.36. The van der Waals surface area contributed by atoms with Gasteiger partial charge in [0.05, 0.1) is 11.5 Å². The van der Waals surface area contributed by atoms with E-state index in [-0.39, 0.29) is 24.2 Å². The molecule has 1 amide bonds. The van der Waals surface area contributed by atoms with Crippen molar-refractivity contribution in [2.75, 3.05) is 6.54 Å². The number of amides is 1. The topological polar surface area (TPSA) is 84.3 Å². The Bertz CT molecular complexity index is 499. The molecule has 0 bridgehead atoms. The summed E-state index contributed by atoms with van der Waals surface area (Å²) >= 11 is 0. The SMILES string of the molecule is CCC(CC)NC(=O)CNCc1cccc([N+](=O)[O-])c1C. The molecule has 2 N–H and O–H groups in total. The van der Waals surface area contributed by atoms with E-state index in [1.54, 1.807) is 13.0 Å². The number of hydrogen-bond donors (Lipinski definition) is 2. The monoisotopic (exact) mass is 293 g/mol. The highest BCUT2D eigenvalue weighted by atomic mass is 16.6. The van der Waals surface area contributed by atoms with Gasteiger partial charge in [0, 0.05) is 24.2 Å². The zero-order valence-electron chi connectivity index (χ0n) is 12.8. The molecule has 0 aromatic heterocycles. The van der Waals surface area contributed by atoms with E-state index in [0.29, 0.717) is 12.1 Å². The van der Waals surface area contributed by atoms with Gasteiger partial charge in [0.1, 0.15) is 0 Å². The van der Waals surface area contributed by atoms with E-state index in [9.17, 15) is 14.9 Å². The minimum absolute atomic E-state index is 0.0493. The molecule has 0 fully saturated rings. The molecule has 0 saturated carbocycles. The van der Waals surface area contributed by atoms with Gasteiger partial charge in [-0.25, -0.2) is 0 Å². The van der Waals surface area contributed by atoms with Crippen LogP contribution in [0, 0.1) is 17.0 Å². The molecule has 1 aromatic carbocycles. The molecule has 116 valence electrons. The molecule has 0 saturated heterocycles. The summed E-state index contributed by atoms with van der Waals surface area (Å²) in [6.07, 6.45) is 1.82. The predicted octanol–water partition coefficient (Wildman–Crippen LogP) is 2.30. The van der Waals surface area contributed by atoms with Crippen molar-refractivity contribution in [2.45, 2.75) is 46.2 Å². The third kappa shape index (κ3) is 5.15. The van der Waals surface area contributed by atoms with Crippen molar-refractivity contribution >= 4 is 11.6 Å². The van der Waals surface area contributed by atoms with Crippen molar-refractivity contribution in [3.63, 3.8) is 0 Å². The van der Waals surface area contributed by atoms with Crippen LogP contribution in [0.3, 0.4) is 0 Å². The van der Waals surface area contributed by atoms with Crippen molar-refractivity contribution in [1.29, 1.82) is 0 Å². The van der Waals surface area contributed by atoms with E-state index in [2.05, 4.69) is 10.6 Å². The second-order valence-electron chi connectivity index (χ2n) is 5.00. The van der Waals surface area contributed by atoms with Gasteiger partial charge < -0.3 is 10.6 Å². The summed E-state index contributed by atoms with van der Waals surface area (Å²) in [6, 6.07) is 5.18. The molecule has 1 rings (SSSR count). The van der Waals surface area contributed by atoms with Gasteiger partial charge in [-0.3, -0.25) is 14.9 Å². The fourth-order valence-electron chi connectivity index (χ4n) is 2.14. The molecular formula is C15H23N3O3. The Kier molecular flexibility index (Phi) is 6.81. The molecule has 1 aromatic rings. The molecule has 6 nitrogen and oxygen atoms in total. The van der Waals surface area contributed by atoms with Crippen LogP contribution in [0.1, 0.15) is 37.8 Å². The van der Waals surface area contributed by atoms with E-state index >= 15 is 0 Å². The number of nitro groups is 1. The smallest absolute Gasteiger partial charge is 0.272 e. The Labute approximate surface area is 125 Å². The number of nitro benzene ring substituents is 1. The summed E-state index contributed by atoms with van der Waals surface area (Å²) in [6.45, 7) is 6.44. The lowest BCUT2D eigenvalue weighted by atomic mass is 10.1. The summed E-state index contributed by atoms with van der Waals surface area (Å²) in [5, 5.41) is 16.8. The average Bonchev–Trinajstić information content (AvgIpc) is 2.46. The van der Waals surface area contributed by atoms with Crippen LogP contribution in [0.25, 0.3) is 0 Å². The molecule has 0 aliphatic rings. The van der Waals surface area contributed by atoms with Crippen LogP contribution in [0.5, 0.6) is 0 Å². The summed E-state index contributed by atoms with van der Waals surface area (Å²) in [5.74, 6) is -0.0493. The van der Waals surface area contributed by atoms with Crippen molar-refractivity contribution < 1.29 is 9.72 Å². The maximum Gasteiger partial charge on any atom is 0.272 e. The number of rotatable bonds is 8. The van der Waals surface area contributed by atoms with Crippen LogP contribution in [0.4, 0.5) is 5.69 Å². The first-order valence-corrected chi connectivity index (χ1v) is 7.22. The molecule has 0 heterocycles. The number of carbonyl (C=O) groups excluding carboxylic acids is 1. The Balaban J connectivity index is 2.51. The fraction of sp³-hybridized carbons (Fsp3) is 0.533. The van der Waals surface area contributed by atoms with Gasteiger partial charge in [0.2, 0.25) is 5.91 Å². The summed E-state index contributed by atoms with van der Waals surface area (Å²) in [5.41, 5.74) is 1.57. The highest BCUT2D eigenvalue weighted by Crippen LogP contribution is 2.20. The lowest BCUT2D eigenvalue weighted by Gasteiger charge is -2.15. The lowest BCUT2D eigenvalue weighted by Crippen LogP contribution is -2.39. The number of nitrogens with zero attached hydrogens (tertiary/aromatic N) is 1. The summed E-state index contributed by atoms with van der Waals surface area (Å²) in [7, 11) is 0. The molecule has 0 aliphatic heterocycles. The van der Waals surface area contributed by atoms with Gasteiger partial charge >= 0.3 is 0 Å². The molecule has 0 unspecified atom stereocenters. The minimum Gasteiger partial charge on any atom is -0.352 e. The molecule has 0 aliphatic carbocycles. The van der Waals surface area contributed by atoms with Gasteiger partial charge in [-0.1, -0.05) is 26.0 Å². The lowest BCUT2D eigenvalue weighted by molar-refractivity contribution is -0.385. The quantitative estimate of drug-likeness (QED) is 0.569. The van der Waals surface area contributed by atoms with Gasteiger partial charge in [0.15, 0.2) is 0 Å². The first-order valence-electron chi connectivity index (χ1n) is 7.22. The average molecular weight is 293 g/mol. The van der Waals surface area contributed by atoms with E-state index in [1.165, 1.54) is 6.07 Å². The largest absolute Gasteiger partial charge is 0.352 e. The third-order valence-corrected chi connectivity index (χ3v) is 3.57. The normalized spacial score (nSPS) is 10.7. The van der Waals surface area contributed by atoms with E-state index in [0.717, 1.165) is 18.4 Å². The summed E-state index contributed by atoms with van der Waals surface area (Å²) in [4.78, 5) is 22.2. The van der Waals surface area contributed by atoms with E-state index in [1.807, 2.05) is 19.9 Å². The highest BCUT2D eigenvalue weighted by molar-refractivity contribution is 5.78. The van der Waals surface area contributed by atoms with Crippen LogP contribution < -0.4 is 10.6 Å². The number of benzene rings is 1. The number of nitrogens with one attached hydrogen (secondary N) is 2. The fourth-order valence-corrected chi connectivity index (χ4v) is 2.14. The van der Waals surface area contributed by atoms with Gasteiger partial charge in [-0.2, -0.15) is 0 Å². The van der Waals surface area contributed by atoms with Crippen LogP contribution in [-0.2, 0) is 11.3 Å². The van der Waals surface area contributed by atoms with Crippen LogP contribution in [0.2, 0.25) is 0 Å². The molecule has 0 radical (unpaired) electrons. The molecule has 0 atom stereocenters. The molecule has 6 heteroatoms. The van der Waals surface area contributed by atoms with Crippen molar-refractivity contribution in [3.05, 3.63) is 39.4 Å². The van der Waals surface area contributed by atoms with E-state index in [4.69, 9.17) is 0 Å². The molecule has 21 heavy (non-hydrogen) atoms. The van der Waals surface area contributed by atoms with Crippen molar-refractivity contribution in [1.82, 2.24) is 10.6 Å². The Morgan fingerprint density at radius 3 is 2.57 bits per heavy atom. The summed E-state index contributed by atoms with van der Waals surface area (Å²) < 4.78 is 0. The molecular weight excluding hydrogens is 270 g/mol. The predicted molar refractivity (Wildman–Crippen MR) is 82.1 cm³/mol. The van der Waals surface area contributed by atoms with Crippen LogP contribution in [0.15, 0.2) is 18.2 Å². The first-order chi connectivity index (χ1) is 9.99. The maximum atomic E-state index is 11.7. The Morgan fingerprint density at radius 2 is 2.00 bits per heavy atom. The zero-order chi connectivity index (χ0) is 15.8. The van der Waals surface area contributed by atoms with Gasteiger partial charge in [0.25, 0.3) is 5.69 Å². The molecule has 0 spiro atoms. The Morgan fingerprint density at radius 1 is 1.33 bits per heavy atom. The highest BCUT2D eigenvalue weighted by Gasteiger charge is 2.13. The zero-order valence-corrected chi connectivity index (χ0v) is 12.8. The second-order valence-corrected chi connectivity index (χ2v) is 5.00. The van der Waals surface area contributed by atoms with E-state index < -0.39 is 4.92 Å². The number of carbonyl (C=O) groups is 1. The minimum atomic E-state index is -0.390. The first kappa shape index (κ1) is 17.1. The Hall–Kier alpha value is -1.95. The number of hydrogen-bond acceptors (Lipinski definition) is 4. The van der Waals surface area contributed by atoms with Gasteiger partial charge in [-0.15, -0.1) is 0 Å². The maximum absolute atomic E-state index is 11.7. The van der Waals surface area contributed by atoms with Crippen LogP contribution >= 0.6 is 0 Å². The van der Waals surface area contributed by atoms with Crippen molar-refractivity contribution in [3.8, 4) is 0 Å². The van der Waals surface area contributed by atoms with Crippen LogP contribution in [-0.4, -0.2) is 23.4 Å².